The van der Waals surface area contributed by atoms with Gasteiger partial charge in [0.1, 0.15) is 11.9 Å². The molecule has 0 amide bonds. The third-order valence-corrected chi connectivity index (χ3v) is 5.46. The number of hydrogen-bond donors (Lipinski definition) is 1. The third kappa shape index (κ3) is 3.77. The molecule has 0 unspecified atom stereocenters. The largest absolute Gasteiger partial charge is 0.466 e. The molecule has 2 heterocycles. The minimum Gasteiger partial charge on any atom is -0.466 e. The molecule has 7 heteroatoms. The zero-order valence-corrected chi connectivity index (χ0v) is 16.7. The number of benzene rings is 2. The van der Waals surface area contributed by atoms with Crippen LogP contribution in [0.2, 0.25) is 0 Å². The molecule has 0 radical (unpaired) electrons. The van der Waals surface area contributed by atoms with E-state index in [9.17, 15) is 14.9 Å². The summed E-state index contributed by atoms with van der Waals surface area (Å²) in [4.78, 5) is 33.8. The Bertz CT molecular complexity index is 1190. The predicted octanol–water partition coefficient (Wildman–Crippen LogP) is 3.24. The summed E-state index contributed by atoms with van der Waals surface area (Å²) in [5, 5.41) is 10.2. The number of carbonyl (C=O) groups is 1. The first-order chi connectivity index (χ1) is 14.6. The van der Waals surface area contributed by atoms with Gasteiger partial charge in [-0.3, -0.25) is 9.59 Å². The lowest BCUT2D eigenvalue weighted by Crippen LogP contribution is -2.37. The lowest BCUT2D eigenvalue weighted by atomic mass is 9.95. The number of rotatable bonds is 4. The van der Waals surface area contributed by atoms with Crippen molar-refractivity contribution in [1.29, 1.82) is 5.26 Å². The Hall–Kier alpha value is -3.66. The fraction of sp³-hybridized carbons (Fsp3) is 0.304. The smallest absolute Gasteiger partial charge is 0.309 e. The molecule has 0 atom stereocenters. The molecule has 3 aromatic rings. The number of aromatic amines is 1. The van der Waals surface area contributed by atoms with Gasteiger partial charge in [-0.25, -0.2) is 4.98 Å². The van der Waals surface area contributed by atoms with Gasteiger partial charge < -0.3 is 14.6 Å². The van der Waals surface area contributed by atoms with Gasteiger partial charge in [0.15, 0.2) is 0 Å². The van der Waals surface area contributed by atoms with Crippen LogP contribution in [0.4, 0.5) is 5.69 Å². The molecule has 1 aromatic heterocycles. The van der Waals surface area contributed by atoms with Gasteiger partial charge in [0.25, 0.3) is 5.56 Å². The van der Waals surface area contributed by atoms with Crippen molar-refractivity contribution >= 4 is 22.6 Å². The lowest BCUT2D eigenvalue weighted by molar-refractivity contribution is -0.148. The first-order valence-electron chi connectivity index (χ1n) is 10.1. The van der Waals surface area contributed by atoms with E-state index in [2.05, 4.69) is 20.9 Å². The second kappa shape index (κ2) is 8.37. The van der Waals surface area contributed by atoms with Gasteiger partial charge in [0, 0.05) is 18.7 Å². The Kier molecular flexibility index (Phi) is 5.48. The standard InChI is InChI=1S/C23H22N4O3/c1-2-30-23(29)15-9-11-27(12-10-15)20-8-7-16(13-17(20)14-24)21-25-19-6-4-3-5-18(19)22(28)26-21/h3-8,13,15H,2,9-12H2,1H3,(H,25,26,28). The second-order valence-corrected chi connectivity index (χ2v) is 7.29. The maximum absolute atomic E-state index is 12.4. The molecular formula is C23H22N4O3. The maximum atomic E-state index is 12.4. The fourth-order valence-corrected chi connectivity index (χ4v) is 3.89. The summed E-state index contributed by atoms with van der Waals surface area (Å²) in [7, 11) is 0. The Balaban J connectivity index is 1.60. The van der Waals surface area contributed by atoms with Crippen LogP contribution in [0, 0.1) is 17.2 Å². The highest BCUT2D eigenvalue weighted by Crippen LogP contribution is 2.29. The third-order valence-electron chi connectivity index (χ3n) is 5.46. The van der Waals surface area contributed by atoms with Crippen molar-refractivity contribution in [3.63, 3.8) is 0 Å². The predicted molar refractivity (Wildman–Crippen MR) is 114 cm³/mol. The van der Waals surface area contributed by atoms with E-state index < -0.39 is 0 Å². The highest BCUT2D eigenvalue weighted by molar-refractivity contribution is 5.80. The summed E-state index contributed by atoms with van der Waals surface area (Å²) in [6.45, 7) is 3.57. The van der Waals surface area contributed by atoms with Crippen molar-refractivity contribution in [3.05, 3.63) is 58.4 Å². The quantitative estimate of drug-likeness (QED) is 0.673. The molecule has 1 fully saturated rings. The zero-order valence-electron chi connectivity index (χ0n) is 16.7. The number of esters is 1. The van der Waals surface area contributed by atoms with E-state index in [1.807, 2.05) is 25.1 Å². The zero-order chi connectivity index (χ0) is 21.1. The molecule has 0 spiro atoms. The highest BCUT2D eigenvalue weighted by atomic mass is 16.5. The molecule has 1 aliphatic heterocycles. The summed E-state index contributed by atoms with van der Waals surface area (Å²) in [5.74, 6) is 0.208. The van der Waals surface area contributed by atoms with E-state index in [-0.39, 0.29) is 17.4 Å². The summed E-state index contributed by atoms with van der Waals surface area (Å²) < 4.78 is 5.13. The maximum Gasteiger partial charge on any atom is 0.309 e. The van der Waals surface area contributed by atoms with Crippen LogP contribution in [-0.2, 0) is 9.53 Å². The Labute approximate surface area is 173 Å². The normalized spacial score (nSPS) is 14.5. The van der Waals surface area contributed by atoms with Crippen LogP contribution < -0.4 is 10.5 Å². The van der Waals surface area contributed by atoms with Gasteiger partial charge in [0.05, 0.1) is 34.7 Å². The monoisotopic (exact) mass is 402 g/mol. The summed E-state index contributed by atoms with van der Waals surface area (Å²) >= 11 is 0. The fourth-order valence-electron chi connectivity index (χ4n) is 3.89. The van der Waals surface area contributed by atoms with Gasteiger partial charge >= 0.3 is 5.97 Å². The van der Waals surface area contributed by atoms with Crippen LogP contribution in [-0.4, -0.2) is 35.6 Å². The van der Waals surface area contributed by atoms with Crippen molar-refractivity contribution in [2.24, 2.45) is 5.92 Å². The van der Waals surface area contributed by atoms with Gasteiger partial charge in [-0.2, -0.15) is 5.26 Å². The van der Waals surface area contributed by atoms with Crippen LogP contribution >= 0.6 is 0 Å². The number of ether oxygens (including phenoxy) is 1. The topological polar surface area (TPSA) is 99.1 Å². The molecule has 0 aliphatic carbocycles. The lowest BCUT2D eigenvalue weighted by Gasteiger charge is -2.33. The summed E-state index contributed by atoms with van der Waals surface area (Å²) in [5.41, 5.74) is 2.42. The van der Waals surface area contributed by atoms with Crippen molar-refractivity contribution in [3.8, 4) is 17.5 Å². The minimum atomic E-state index is -0.209. The number of carbonyl (C=O) groups excluding carboxylic acids is 1. The van der Waals surface area contributed by atoms with Crippen LogP contribution in [0.3, 0.4) is 0 Å². The molecule has 1 aliphatic rings. The number of aromatic nitrogens is 2. The molecular weight excluding hydrogens is 380 g/mol. The van der Waals surface area contributed by atoms with Crippen LogP contribution in [0.15, 0.2) is 47.3 Å². The Morgan fingerprint density at radius 3 is 2.77 bits per heavy atom. The number of para-hydroxylation sites is 1. The molecule has 2 aromatic carbocycles. The van der Waals surface area contributed by atoms with Gasteiger partial charge in [-0.05, 0) is 50.1 Å². The van der Waals surface area contributed by atoms with Crippen molar-refractivity contribution in [2.75, 3.05) is 24.6 Å². The van der Waals surface area contributed by atoms with E-state index in [1.54, 1.807) is 24.3 Å². The average molecular weight is 402 g/mol. The summed E-state index contributed by atoms with van der Waals surface area (Å²) in [6.07, 6.45) is 1.40. The number of H-pyrrole nitrogens is 1. The second-order valence-electron chi connectivity index (χ2n) is 7.29. The van der Waals surface area contributed by atoms with Crippen molar-refractivity contribution < 1.29 is 9.53 Å². The first-order valence-corrected chi connectivity index (χ1v) is 10.1. The molecule has 152 valence electrons. The average Bonchev–Trinajstić information content (AvgIpc) is 2.79. The number of nitriles is 1. The van der Waals surface area contributed by atoms with Gasteiger partial charge in [-0.1, -0.05) is 12.1 Å². The molecule has 4 rings (SSSR count). The molecule has 1 N–H and O–H groups in total. The van der Waals surface area contributed by atoms with E-state index >= 15 is 0 Å². The first kappa shape index (κ1) is 19.6. The molecule has 1 saturated heterocycles. The minimum absolute atomic E-state index is 0.0853. The number of piperidine rings is 1. The van der Waals surface area contributed by atoms with E-state index in [1.165, 1.54) is 0 Å². The number of nitrogens with zero attached hydrogens (tertiary/aromatic N) is 3. The number of hydrogen-bond acceptors (Lipinski definition) is 6. The SMILES string of the molecule is CCOC(=O)C1CCN(c2ccc(-c3nc4ccccc4c(=O)[nH]3)cc2C#N)CC1. The Morgan fingerprint density at radius 1 is 1.27 bits per heavy atom. The van der Waals surface area contributed by atoms with E-state index in [0.29, 0.717) is 60.4 Å². The van der Waals surface area contributed by atoms with Crippen LogP contribution in [0.1, 0.15) is 25.3 Å². The van der Waals surface area contributed by atoms with Crippen LogP contribution in [0.5, 0.6) is 0 Å². The Morgan fingerprint density at radius 2 is 2.03 bits per heavy atom. The van der Waals surface area contributed by atoms with Crippen molar-refractivity contribution in [1.82, 2.24) is 9.97 Å². The number of nitrogens with one attached hydrogen (secondary N) is 1. The van der Waals surface area contributed by atoms with Gasteiger partial charge in [-0.15, -0.1) is 0 Å². The van der Waals surface area contributed by atoms with E-state index in [4.69, 9.17) is 4.74 Å². The number of anilines is 1. The summed E-state index contributed by atoms with van der Waals surface area (Å²) in [6, 6.07) is 14.9. The van der Waals surface area contributed by atoms with E-state index in [0.717, 1.165) is 5.69 Å². The van der Waals surface area contributed by atoms with Crippen molar-refractivity contribution in [2.45, 2.75) is 19.8 Å². The molecule has 0 saturated carbocycles. The molecule has 0 bridgehead atoms. The highest BCUT2D eigenvalue weighted by Gasteiger charge is 2.27. The number of fused-ring (bicyclic) bond motifs is 1. The molecule has 30 heavy (non-hydrogen) atoms. The van der Waals surface area contributed by atoms with Gasteiger partial charge in [0.2, 0.25) is 0 Å². The molecule has 7 nitrogen and oxygen atoms in total. The van der Waals surface area contributed by atoms with Crippen LogP contribution in [0.25, 0.3) is 22.3 Å².